The summed E-state index contributed by atoms with van der Waals surface area (Å²) in [7, 11) is 3.32. The number of anilines is 3. The number of nitrogens with zero attached hydrogens (tertiary/aromatic N) is 2. The first-order valence-electron chi connectivity index (χ1n) is 8.54. The van der Waals surface area contributed by atoms with Gasteiger partial charge in [0.1, 0.15) is 0 Å². The van der Waals surface area contributed by atoms with Gasteiger partial charge in [0.05, 0.1) is 27.6 Å². The topological polar surface area (TPSA) is 69.7 Å². The molecule has 29 heavy (non-hydrogen) atoms. The molecule has 0 saturated heterocycles. The Balaban J connectivity index is 2.74. The van der Waals surface area contributed by atoms with E-state index in [0.717, 1.165) is 9.13 Å². The Morgan fingerprint density at radius 1 is 0.862 bits per heavy atom. The van der Waals surface area contributed by atoms with Gasteiger partial charge >= 0.3 is 0 Å². The van der Waals surface area contributed by atoms with Gasteiger partial charge in [-0.1, -0.05) is 12.1 Å². The third kappa shape index (κ3) is 5.21. The van der Waals surface area contributed by atoms with Crippen molar-refractivity contribution in [2.24, 2.45) is 0 Å². The zero-order chi connectivity index (χ0) is 22.0. The Hall–Kier alpha value is -0.960. The quantitative estimate of drug-likeness (QED) is 0.450. The van der Waals surface area contributed by atoms with Crippen LogP contribution in [-0.4, -0.2) is 31.8 Å². The van der Waals surface area contributed by atoms with Crippen molar-refractivity contribution in [3.63, 3.8) is 0 Å². The molecule has 154 valence electrons. The average Bonchev–Trinajstić information content (AvgIpc) is 2.61. The second-order valence-electron chi connectivity index (χ2n) is 6.49. The van der Waals surface area contributed by atoms with E-state index in [1.54, 1.807) is 14.1 Å². The van der Waals surface area contributed by atoms with Gasteiger partial charge in [-0.25, -0.2) is 0 Å². The molecular weight excluding hydrogens is 711 g/mol. The molecule has 0 atom stereocenters. The van der Waals surface area contributed by atoms with Crippen LogP contribution in [0.15, 0.2) is 24.3 Å². The molecule has 0 saturated carbocycles. The fourth-order valence-electron chi connectivity index (χ4n) is 2.66. The zero-order valence-electron chi connectivity index (χ0n) is 16.6. The lowest BCUT2D eigenvalue weighted by molar-refractivity contribution is -0.117. The average molecular weight is 731 g/mol. The summed E-state index contributed by atoms with van der Waals surface area (Å²) in [6.45, 7) is 4.88. The molecule has 0 spiro atoms. The molecule has 2 rings (SSSR count). The van der Waals surface area contributed by atoms with Gasteiger partial charge in [-0.3, -0.25) is 14.4 Å². The molecule has 0 aliphatic rings. The van der Waals surface area contributed by atoms with Gasteiger partial charge in [-0.2, -0.15) is 0 Å². The normalized spacial score (nSPS) is 10.5. The van der Waals surface area contributed by atoms with E-state index in [-0.39, 0.29) is 17.7 Å². The summed E-state index contributed by atoms with van der Waals surface area (Å²) in [6, 6.07) is 7.53. The summed E-state index contributed by atoms with van der Waals surface area (Å²) in [4.78, 5) is 40.4. The SMILES string of the molecule is CC(=O)N(C)c1c(I)c(C(=O)Nc2cccc(C)c2)c(I)c(N(C)C(C)=O)c1I. The summed E-state index contributed by atoms with van der Waals surface area (Å²) in [5.41, 5.74) is 3.36. The van der Waals surface area contributed by atoms with Crippen molar-refractivity contribution in [3.05, 3.63) is 46.1 Å². The molecule has 0 fully saturated rings. The maximum atomic E-state index is 13.2. The maximum Gasteiger partial charge on any atom is 0.257 e. The molecule has 0 aliphatic heterocycles. The van der Waals surface area contributed by atoms with Crippen LogP contribution < -0.4 is 15.1 Å². The summed E-state index contributed by atoms with van der Waals surface area (Å²) < 4.78 is 2.04. The zero-order valence-corrected chi connectivity index (χ0v) is 23.0. The predicted molar refractivity (Wildman–Crippen MR) is 142 cm³/mol. The molecule has 0 aliphatic carbocycles. The van der Waals surface area contributed by atoms with Crippen molar-refractivity contribution in [2.75, 3.05) is 29.2 Å². The largest absolute Gasteiger partial charge is 0.322 e. The molecule has 6 nitrogen and oxygen atoms in total. The van der Waals surface area contributed by atoms with Gasteiger partial charge in [0.2, 0.25) is 11.8 Å². The molecule has 2 aromatic carbocycles. The summed E-state index contributed by atoms with van der Waals surface area (Å²) >= 11 is 6.32. The first-order valence-corrected chi connectivity index (χ1v) is 11.8. The number of carbonyl (C=O) groups excluding carboxylic acids is 3. The van der Waals surface area contributed by atoms with Crippen molar-refractivity contribution in [2.45, 2.75) is 20.8 Å². The molecule has 3 amide bonds. The van der Waals surface area contributed by atoms with Crippen LogP contribution >= 0.6 is 67.8 Å². The van der Waals surface area contributed by atoms with Crippen molar-refractivity contribution >= 4 is 103 Å². The highest BCUT2D eigenvalue weighted by molar-refractivity contribution is 14.1. The van der Waals surface area contributed by atoms with Crippen LogP contribution in [0.4, 0.5) is 17.1 Å². The number of halogens is 3. The lowest BCUT2D eigenvalue weighted by Crippen LogP contribution is -2.31. The number of carbonyl (C=O) groups is 3. The van der Waals surface area contributed by atoms with E-state index in [1.165, 1.54) is 23.6 Å². The fraction of sp³-hybridized carbons (Fsp3) is 0.250. The number of hydrogen-bond acceptors (Lipinski definition) is 3. The van der Waals surface area contributed by atoms with Gasteiger partial charge in [0, 0.05) is 33.6 Å². The van der Waals surface area contributed by atoms with Crippen molar-refractivity contribution in [1.29, 1.82) is 0 Å². The van der Waals surface area contributed by atoms with Crippen LogP contribution in [0.5, 0.6) is 0 Å². The van der Waals surface area contributed by atoms with Crippen LogP contribution in [0.2, 0.25) is 0 Å². The van der Waals surface area contributed by atoms with E-state index >= 15 is 0 Å². The minimum Gasteiger partial charge on any atom is -0.322 e. The van der Waals surface area contributed by atoms with Crippen molar-refractivity contribution < 1.29 is 14.4 Å². The molecule has 0 radical (unpaired) electrons. The third-order valence-electron chi connectivity index (χ3n) is 4.39. The first kappa shape index (κ1) is 24.3. The fourth-order valence-corrected chi connectivity index (χ4v) is 7.76. The van der Waals surface area contributed by atoms with Gasteiger partial charge in [-0.15, -0.1) is 0 Å². The smallest absolute Gasteiger partial charge is 0.257 e. The third-order valence-corrected chi connectivity index (χ3v) is 7.51. The Labute approximate surface area is 211 Å². The van der Waals surface area contributed by atoms with E-state index in [9.17, 15) is 14.4 Å². The van der Waals surface area contributed by atoms with Gasteiger partial charge in [0.15, 0.2) is 0 Å². The number of rotatable bonds is 4. The van der Waals surface area contributed by atoms with Crippen LogP contribution in [0.25, 0.3) is 0 Å². The van der Waals surface area contributed by atoms with E-state index in [4.69, 9.17) is 0 Å². The monoisotopic (exact) mass is 731 g/mol. The van der Waals surface area contributed by atoms with E-state index in [0.29, 0.717) is 29.8 Å². The van der Waals surface area contributed by atoms with Crippen LogP contribution in [0.1, 0.15) is 29.8 Å². The minimum absolute atomic E-state index is 0.163. The Kier molecular flexibility index (Phi) is 8.30. The predicted octanol–water partition coefficient (Wildman–Crippen LogP) is 5.03. The second kappa shape index (κ2) is 9.90. The summed E-state index contributed by atoms with van der Waals surface area (Å²) in [6.07, 6.45) is 0. The van der Waals surface area contributed by atoms with Gasteiger partial charge in [-0.05, 0) is 92.4 Å². The second-order valence-corrected chi connectivity index (χ2v) is 9.73. The standard InChI is InChI=1S/C20H20I3N3O3/c1-10-7-6-8-13(9-10)24-20(29)14-15(21)18(25(4)11(2)27)17(23)19(16(14)22)26(5)12(3)28/h6-9H,1-5H3,(H,24,29). The van der Waals surface area contributed by atoms with Gasteiger partial charge in [0.25, 0.3) is 5.91 Å². The highest BCUT2D eigenvalue weighted by Crippen LogP contribution is 2.42. The van der Waals surface area contributed by atoms with Crippen molar-refractivity contribution in [1.82, 2.24) is 0 Å². The Morgan fingerprint density at radius 2 is 1.34 bits per heavy atom. The van der Waals surface area contributed by atoms with Crippen LogP contribution in [0.3, 0.4) is 0 Å². The van der Waals surface area contributed by atoms with Crippen LogP contribution in [-0.2, 0) is 9.59 Å². The highest BCUT2D eigenvalue weighted by Gasteiger charge is 2.29. The first-order chi connectivity index (χ1) is 13.5. The number of aryl methyl sites for hydroxylation is 1. The Morgan fingerprint density at radius 3 is 1.76 bits per heavy atom. The van der Waals surface area contributed by atoms with Gasteiger partial charge < -0.3 is 15.1 Å². The van der Waals surface area contributed by atoms with Crippen molar-refractivity contribution in [3.8, 4) is 0 Å². The summed E-state index contributed by atoms with van der Waals surface area (Å²) in [5.74, 6) is -0.621. The lowest BCUT2D eigenvalue weighted by atomic mass is 10.1. The lowest BCUT2D eigenvalue weighted by Gasteiger charge is -2.27. The van der Waals surface area contributed by atoms with E-state index in [1.807, 2.05) is 31.2 Å². The number of hydrogen-bond donors (Lipinski definition) is 1. The molecule has 2 aromatic rings. The molecule has 0 bridgehead atoms. The highest BCUT2D eigenvalue weighted by atomic mass is 127. The molecule has 1 N–H and O–H groups in total. The van der Waals surface area contributed by atoms with Crippen LogP contribution in [0, 0.1) is 17.6 Å². The maximum absolute atomic E-state index is 13.2. The van der Waals surface area contributed by atoms with E-state index < -0.39 is 0 Å². The molecule has 0 aromatic heterocycles. The number of amides is 3. The molecule has 0 unspecified atom stereocenters. The molecule has 9 heteroatoms. The molecular formula is C20H20I3N3O3. The molecule has 0 heterocycles. The minimum atomic E-state index is -0.294. The van der Waals surface area contributed by atoms with E-state index in [2.05, 4.69) is 73.1 Å². The number of benzene rings is 2. The number of nitrogens with one attached hydrogen (secondary N) is 1. The summed E-state index contributed by atoms with van der Waals surface area (Å²) in [5, 5.41) is 2.93. The Bertz CT molecular complexity index is 961.